The highest BCUT2D eigenvalue weighted by Crippen LogP contribution is 2.28. The minimum absolute atomic E-state index is 0. The summed E-state index contributed by atoms with van der Waals surface area (Å²) in [4.78, 5) is 24.5. The molecular weight excluding hydrogens is 390 g/mol. The third kappa shape index (κ3) is 7.75. The molecule has 2 aromatic carbocycles. The number of hydrogen-bond acceptors (Lipinski definition) is 4. The highest BCUT2D eigenvalue weighted by Gasteiger charge is 2.21. The van der Waals surface area contributed by atoms with Crippen LogP contribution in [-0.2, 0) is 16.1 Å². The van der Waals surface area contributed by atoms with E-state index in [1.54, 1.807) is 0 Å². The van der Waals surface area contributed by atoms with Gasteiger partial charge in [0.15, 0.2) is 0 Å². The topological polar surface area (TPSA) is 79.5 Å². The van der Waals surface area contributed by atoms with Gasteiger partial charge in [-0.3, -0.25) is 9.59 Å². The summed E-state index contributed by atoms with van der Waals surface area (Å²) in [6, 6.07) is 14.7. The SMILES string of the molecule is CCNCc1ccccc1NC(=O)CC(NC(C)=O)c1ccccc1OCC.Cl. The Hall–Kier alpha value is -2.57. The van der Waals surface area contributed by atoms with Gasteiger partial charge in [0.2, 0.25) is 11.8 Å². The number of carbonyl (C=O) groups is 2. The van der Waals surface area contributed by atoms with E-state index in [-0.39, 0.29) is 30.6 Å². The average Bonchev–Trinajstić information content (AvgIpc) is 2.67. The maximum atomic E-state index is 12.7. The second-order valence-electron chi connectivity index (χ2n) is 6.41. The molecule has 7 heteroatoms. The van der Waals surface area contributed by atoms with Crippen molar-refractivity contribution in [1.29, 1.82) is 0 Å². The van der Waals surface area contributed by atoms with Gasteiger partial charge < -0.3 is 20.7 Å². The molecule has 0 aliphatic heterocycles. The van der Waals surface area contributed by atoms with Crippen LogP contribution in [0.3, 0.4) is 0 Å². The molecule has 2 aromatic rings. The summed E-state index contributed by atoms with van der Waals surface area (Å²) in [6.45, 7) is 7.41. The zero-order valence-corrected chi connectivity index (χ0v) is 18.0. The molecular formula is C22H30ClN3O3. The third-order valence-corrected chi connectivity index (χ3v) is 4.22. The summed E-state index contributed by atoms with van der Waals surface area (Å²) >= 11 is 0. The van der Waals surface area contributed by atoms with Crippen molar-refractivity contribution in [3.8, 4) is 5.75 Å². The molecule has 1 unspecified atom stereocenters. The van der Waals surface area contributed by atoms with Gasteiger partial charge in [-0.25, -0.2) is 0 Å². The molecule has 0 spiro atoms. The van der Waals surface area contributed by atoms with Gasteiger partial charge >= 0.3 is 0 Å². The van der Waals surface area contributed by atoms with Gasteiger partial charge in [0.05, 0.1) is 19.1 Å². The maximum Gasteiger partial charge on any atom is 0.226 e. The molecule has 29 heavy (non-hydrogen) atoms. The molecule has 1 atom stereocenters. The lowest BCUT2D eigenvalue weighted by molar-refractivity contribution is -0.120. The van der Waals surface area contributed by atoms with Crippen LogP contribution in [0.1, 0.15) is 44.4 Å². The van der Waals surface area contributed by atoms with E-state index in [4.69, 9.17) is 4.74 Å². The van der Waals surface area contributed by atoms with Crippen LogP contribution in [0.15, 0.2) is 48.5 Å². The van der Waals surface area contributed by atoms with Crippen molar-refractivity contribution in [2.24, 2.45) is 0 Å². The maximum absolute atomic E-state index is 12.7. The number of halogens is 1. The lowest BCUT2D eigenvalue weighted by Crippen LogP contribution is -2.30. The van der Waals surface area contributed by atoms with Crippen molar-refractivity contribution in [2.75, 3.05) is 18.5 Å². The molecule has 0 aliphatic carbocycles. The Morgan fingerprint density at radius 2 is 1.72 bits per heavy atom. The number of benzene rings is 2. The van der Waals surface area contributed by atoms with Crippen LogP contribution in [0.4, 0.5) is 5.69 Å². The minimum atomic E-state index is -0.471. The van der Waals surface area contributed by atoms with Crippen molar-refractivity contribution < 1.29 is 14.3 Å². The fourth-order valence-electron chi connectivity index (χ4n) is 2.98. The first-order valence-electron chi connectivity index (χ1n) is 9.62. The summed E-state index contributed by atoms with van der Waals surface area (Å²) in [5.41, 5.74) is 2.58. The van der Waals surface area contributed by atoms with Crippen molar-refractivity contribution >= 4 is 29.9 Å². The molecule has 0 aliphatic rings. The van der Waals surface area contributed by atoms with E-state index >= 15 is 0 Å². The van der Waals surface area contributed by atoms with E-state index in [0.717, 1.165) is 23.4 Å². The second-order valence-corrected chi connectivity index (χ2v) is 6.41. The van der Waals surface area contributed by atoms with Gasteiger partial charge in [-0.2, -0.15) is 0 Å². The lowest BCUT2D eigenvalue weighted by atomic mass is 10.0. The van der Waals surface area contributed by atoms with E-state index in [9.17, 15) is 9.59 Å². The van der Waals surface area contributed by atoms with Gasteiger partial charge in [-0.05, 0) is 31.2 Å². The first-order valence-corrected chi connectivity index (χ1v) is 9.62. The van der Waals surface area contributed by atoms with Crippen LogP contribution in [-0.4, -0.2) is 25.0 Å². The Morgan fingerprint density at radius 3 is 2.41 bits per heavy atom. The van der Waals surface area contributed by atoms with Gasteiger partial charge in [0, 0.05) is 24.7 Å². The largest absolute Gasteiger partial charge is 0.494 e. The lowest BCUT2D eigenvalue weighted by Gasteiger charge is -2.21. The fourth-order valence-corrected chi connectivity index (χ4v) is 2.98. The van der Waals surface area contributed by atoms with Crippen molar-refractivity contribution in [3.63, 3.8) is 0 Å². The first kappa shape index (κ1) is 24.5. The van der Waals surface area contributed by atoms with Crippen LogP contribution in [0, 0.1) is 0 Å². The molecule has 0 heterocycles. The molecule has 0 saturated carbocycles. The zero-order valence-electron chi connectivity index (χ0n) is 17.2. The number of nitrogens with one attached hydrogen (secondary N) is 3. The van der Waals surface area contributed by atoms with Crippen LogP contribution < -0.4 is 20.7 Å². The Kier molecular flexibility index (Phi) is 10.8. The zero-order chi connectivity index (χ0) is 20.4. The third-order valence-electron chi connectivity index (χ3n) is 4.22. The van der Waals surface area contributed by atoms with Crippen LogP contribution in [0.2, 0.25) is 0 Å². The quantitative estimate of drug-likeness (QED) is 0.547. The summed E-state index contributed by atoms with van der Waals surface area (Å²) in [5, 5.41) is 9.11. The van der Waals surface area contributed by atoms with E-state index in [0.29, 0.717) is 18.9 Å². The fraction of sp³-hybridized carbons (Fsp3) is 0.364. The Labute approximate surface area is 178 Å². The highest BCUT2D eigenvalue weighted by atomic mass is 35.5. The molecule has 0 aromatic heterocycles. The molecule has 2 amide bonds. The Bertz CT molecular complexity index is 798. The number of anilines is 1. The predicted molar refractivity (Wildman–Crippen MR) is 118 cm³/mol. The number of carbonyl (C=O) groups excluding carboxylic acids is 2. The number of rotatable bonds is 10. The number of ether oxygens (including phenoxy) is 1. The van der Waals surface area contributed by atoms with Gasteiger partial charge in [0.1, 0.15) is 5.75 Å². The molecule has 0 bridgehead atoms. The number of para-hydroxylation sites is 2. The standard InChI is InChI=1S/C22H29N3O3.ClH/c1-4-23-15-17-10-6-8-12-19(17)25-22(27)14-20(24-16(3)26)18-11-7-9-13-21(18)28-5-2;/h6-13,20,23H,4-5,14-15H2,1-3H3,(H,24,26)(H,25,27);1H. The van der Waals surface area contributed by atoms with Gasteiger partial charge in [0.25, 0.3) is 0 Å². The van der Waals surface area contributed by atoms with Crippen LogP contribution in [0.25, 0.3) is 0 Å². The van der Waals surface area contributed by atoms with E-state index < -0.39 is 6.04 Å². The first-order chi connectivity index (χ1) is 13.5. The summed E-state index contributed by atoms with van der Waals surface area (Å²) in [6.07, 6.45) is 0.110. The molecule has 2 rings (SSSR count). The molecule has 3 N–H and O–H groups in total. The molecule has 0 saturated heterocycles. The van der Waals surface area contributed by atoms with E-state index in [1.165, 1.54) is 6.92 Å². The van der Waals surface area contributed by atoms with Crippen molar-refractivity contribution in [3.05, 3.63) is 59.7 Å². The molecule has 158 valence electrons. The van der Waals surface area contributed by atoms with Crippen LogP contribution in [0.5, 0.6) is 5.75 Å². The normalized spacial score (nSPS) is 11.1. The Balaban J connectivity index is 0.00000420. The van der Waals surface area contributed by atoms with Gasteiger partial charge in [-0.15, -0.1) is 12.4 Å². The summed E-state index contributed by atoms with van der Waals surface area (Å²) in [5.74, 6) is 0.301. The molecule has 6 nitrogen and oxygen atoms in total. The number of amides is 2. The van der Waals surface area contributed by atoms with Crippen molar-refractivity contribution in [1.82, 2.24) is 10.6 Å². The smallest absolute Gasteiger partial charge is 0.226 e. The van der Waals surface area contributed by atoms with Crippen LogP contribution >= 0.6 is 12.4 Å². The number of hydrogen-bond donors (Lipinski definition) is 3. The summed E-state index contributed by atoms with van der Waals surface area (Å²) < 4.78 is 5.67. The average molecular weight is 420 g/mol. The predicted octanol–water partition coefficient (Wildman–Crippen LogP) is 3.82. The monoisotopic (exact) mass is 419 g/mol. The minimum Gasteiger partial charge on any atom is -0.494 e. The van der Waals surface area contributed by atoms with E-state index in [2.05, 4.69) is 16.0 Å². The summed E-state index contributed by atoms with van der Waals surface area (Å²) in [7, 11) is 0. The Morgan fingerprint density at radius 1 is 1.03 bits per heavy atom. The highest BCUT2D eigenvalue weighted by molar-refractivity contribution is 5.92. The molecule has 0 fully saturated rings. The van der Waals surface area contributed by atoms with E-state index in [1.807, 2.05) is 62.4 Å². The molecule has 0 radical (unpaired) electrons. The van der Waals surface area contributed by atoms with Crippen molar-refractivity contribution in [2.45, 2.75) is 39.8 Å². The second kappa shape index (κ2) is 12.8. The van der Waals surface area contributed by atoms with Gasteiger partial charge in [-0.1, -0.05) is 43.3 Å².